The Balaban J connectivity index is 1.69. The molecule has 0 unspecified atom stereocenters. The molecule has 3 aromatic rings. The molecule has 0 fully saturated rings. The van der Waals surface area contributed by atoms with Crippen LogP contribution < -0.4 is 5.32 Å². The number of fused-ring (bicyclic) bond motifs is 1. The topological polar surface area (TPSA) is 59.3 Å². The van der Waals surface area contributed by atoms with Crippen molar-refractivity contribution in [3.05, 3.63) is 64.6 Å². The van der Waals surface area contributed by atoms with E-state index in [1.807, 2.05) is 68.6 Å². The Labute approximate surface area is 148 Å². The van der Waals surface area contributed by atoms with Gasteiger partial charge in [-0.3, -0.25) is 4.79 Å². The Hall–Kier alpha value is -2.69. The van der Waals surface area contributed by atoms with Crippen LogP contribution in [-0.4, -0.2) is 20.5 Å². The van der Waals surface area contributed by atoms with E-state index in [0.717, 1.165) is 33.9 Å². The number of carbonyl (C=O) groups is 1. The number of aryl methyl sites for hydroxylation is 3. The van der Waals surface area contributed by atoms with Crippen LogP contribution in [0.5, 0.6) is 0 Å². The van der Waals surface area contributed by atoms with Crippen molar-refractivity contribution in [3.8, 4) is 0 Å². The fourth-order valence-corrected chi connectivity index (χ4v) is 3.18. The fraction of sp³-hybridized carbons (Fsp3) is 0.350. The maximum absolute atomic E-state index is 12.3. The Morgan fingerprint density at radius 2 is 1.92 bits per heavy atom. The molecule has 1 N–H and O–H groups in total. The third-order valence-electron chi connectivity index (χ3n) is 4.57. The maximum Gasteiger partial charge on any atom is 0.220 e. The Morgan fingerprint density at radius 1 is 1.20 bits per heavy atom. The van der Waals surface area contributed by atoms with Crippen molar-refractivity contribution >= 4 is 11.6 Å². The highest BCUT2D eigenvalue weighted by molar-refractivity contribution is 5.76. The highest BCUT2D eigenvalue weighted by Gasteiger charge is 2.14. The van der Waals surface area contributed by atoms with Crippen LogP contribution in [0.4, 0.5) is 0 Å². The van der Waals surface area contributed by atoms with E-state index >= 15 is 0 Å². The van der Waals surface area contributed by atoms with Crippen LogP contribution in [0.15, 0.2) is 36.4 Å². The summed E-state index contributed by atoms with van der Waals surface area (Å²) in [7, 11) is 0. The zero-order valence-corrected chi connectivity index (χ0v) is 15.2. The fourth-order valence-electron chi connectivity index (χ4n) is 3.18. The van der Waals surface area contributed by atoms with Crippen molar-refractivity contribution in [2.75, 3.05) is 0 Å². The Kier molecular flexibility index (Phi) is 4.83. The van der Waals surface area contributed by atoms with Crippen LogP contribution in [-0.2, 0) is 11.2 Å². The quantitative estimate of drug-likeness (QED) is 0.776. The second-order valence-electron chi connectivity index (χ2n) is 6.52. The average molecular weight is 336 g/mol. The van der Waals surface area contributed by atoms with Crippen LogP contribution in [0, 0.1) is 20.8 Å². The second-order valence-corrected chi connectivity index (χ2v) is 6.52. The van der Waals surface area contributed by atoms with Gasteiger partial charge >= 0.3 is 0 Å². The van der Waals surface area contributed by atoms with Gasteiger partial charge in [-0.05, 0) is 45.2 Å². The third kappa shape index (κ3) is 3.71. The lowest BCUT2D eigenvalue weighted by Gasteiger charge is -2.15. The van der Waals surface area contributed by atoms with Gasteiger partial charge in [0, 0.05) is 23.9 Å². The lowest BCUT2D eigenvalue weighted by Crippen LogP contribution is -2.27. The number of nitrogens with zero attached hydrogens (tertiary/aromatic N) is 3. The maximum atomic E-state index is 12.3. The summed E-state index contributed by atoms with van der Waals surface area (Å²) in [6.45, 7) is 7.99. The number of benzene rings is 1. The first kappa shape index (κ1) is 17.1. The molecule has 2 aromatic heterocycles. The molecular weight excluding hydrogens is 312 g/mol. The minimum atomic E-state index is 0.00487. The van der Waals surface area contributed by atoms with Crippen LogP contribution >= 0.6 is 0 Å². The SMILES string of the molecule is Cc1cc2nc(C)c(CCC(=O)N[C@@H](C)c3ccccc3)c(C)n2n1. The zero-order chi connectivity index (χ0) is 18.0. The van der Waals surface area contributed by atoms with E-state index in [1.54, 1.807) is 0 Å². The zero-order valence-electron chi connectivity index (χ0n) is 15.2. The van der Waals surface area contributed by atoms with Crippen LogP contribution in [0.1, 0.15) is 47.6 Å². The van der Waals surface area contributed by atoms with Crippen LogP contribution in [0.2, 0.25) is 0 Å². The van der Waals surface area contributed by atoms with Gasteiger partial charge in [-0.15, -0.1) is 0 Å². The van der Waals surface area contributed by atoms with Gasteiger partial charge in [0.15, 0.2) is 5.65 Å². The highest BCUT2D eigenvalue weighted by Crippen LogP contribution is 2.17. The van der Waals surface area contributed by atoms with Crippen molar-refractivity contribution in [3.63, 3.8) is 0 Å². The molecule has 0 aliphatic carbocycles. The van der Waals surface area contributed by atoms with Gasteiger partial charge in [0.1, 0.15) is 0 Å². The molecule has 25 heavy (non-hydrogen) atoms. The lowest BCUT2D eigenvalue weighted by atomic mass is 10.1. The summed E-state index contributed by atoms with van der Waals surface area (Å²) in [5.41, 5.74) is 6.03. The molecule has 2 heterocycles. The summed E-state index contributed by atoms with van der Waals surface area (Å²) in [5.74, 6) is 0.0481. The van der Waals surface area contributed by atoms with Crippen molar-refractivity contribution < 1.29 is 4.79 Å². The molecule has 1 atom stereocenters. The molecular formula is C20H24N4O. The van der Waals surface area contributed by atoms with Gasteiger partial charge < -0.3 is 5.32 Å². The predicted molar refractivity (Wildman–Crippen MR) is 98.5 cm³/mol. The minimum Gasteiger partial charge on any atom is -0.350 e. The Bertz CT molecular complexity index is 899. The lowest BCUT2D eigenvalue weighted by molar-refractivity contribution is -0.121. The number of aromatic nitrogens is 3. The monoisotopic (exact) mass is 336 g/mol. The van der Waals surface area contributed by atoms with Gasteiger partial charge in [-0.2, -0.15) is 5.10 Å². The molecule has 0 bridgehead atoms. The molecule has 1 aromatic carbocycles. The number of hydrogen-bond donors (Lipinski definition) is 1. The smallest absolute Gasteiger partial charge is 0.220 e. The summed E-state index contributed by atoms with van der Waals surface area (Å²) < 4.78 is 1.86. The van der Waals surface area contributed by atoms with E-state index in [9.17, 15) is 4.79 Å². The summed E-state index contributed by atoms with van der Waals surface area (Å²) in [5, 5.41) is 7.55. The molecule has 0 radical (unpaired) electrons. The van der Waals surface area contributed by atoms with E-state index in [-0.39, 0.29) is 11.9 Å². The second kappa shape index (κ2) is 7.05. The van der Waals surface area contributed by atoms with E-state index in [2.05, 4.69) is 15.4 Å². The summed E-state index contributed by atoms with van der Waals surface area (Å²) in [6.07, 6.45) is 1.10. The van der Waals surface area contributed by atoms with Crippen LogP contribution in [0.25, 0.3) is 5.65 Å². The predicted octanol–water partition coefficient (Wildman–Crippen LogP) is 3.46. The van der Waals surface area contributed by atoms with Crippen LogP contribution in [0.3, 0.4) is 0 Å². The van der Waals surface area contributed by atoms with E-state index in [0.29, 0.717) is 12.8 Å². The van der Waals surface area contributed by atoms with Crippen molar-refractivity contribution in [1.82, 2.24) is 19.9 Å². The number of hydrogen-bond acceptors (Lipinski definition) is 3. The van der Waals surface area contributed by atoms with Crippen molar-refractivity contribution in [2.24, 2.45) is 0 Å². The van der Waals surface area contributed by atoms with E-state index in [4.69, 9.17) is 0 Å². The number of rotatable bonds is 5. The average Bonchev–Trinajstić information content (AvgIpc) is 2.96. The highest BCUT2D eigenvalue weighted by atomic mass is 16.1. The number of amides is 1. The Morgan fingerprint density at radius 3 is 2.64 bits per heavy atom. The standard InChI is InChI=1S/C20H24N4O/c1-13-12-19-21-15(3)18(16(4)24(19)23-13)10-11-20(25)22-14(2)17-8-6-5-7-9-17/h5-9,12,14H,10-11H2,1-4H3,(H,22,25)/t14-/m0/s1. The molecule has 0 saturated heterocycles. The molecule has 3 rings (SSSR count). The molecule has 1 amide bonds. The van der Waals surface area contributed by atoms with Crippen molar-refractivity contribution in [2.45, 2.75) is 46.6 Å². The summed E-state index contributed by atoms with van der Waals surface area (Å²) >= 11 is 0. The normalized spacial score (nSPS) is 12.3. The molecule has 5 nitrogen and oxygen atoms in total. The summed E-state index contributed by atoms with van der Waals surface area (Å²) in [4.78, 5) is 16.9. The first-order valence-corrected chi connectivity index (χ1v) is 8.62. The van der Waals surface area contributed by atoms with Gasteiger partial charge in [0.05, 0.1) is 11.7 Å². The number of nitrogens with one attached hydrogen (secondary N) is 1. The molecule has 0 aliphatic heterocycles. The van der Waals surface area contributed by atoms with E-state index < -0.39 is 0 Å². The first-order valence-electron chi connectivity index (χ1n) is 8.62. The van der Waals surface area contributed by atoms with Gasteiger partial charge in [-0.25, -0.2) is 9.50 Å². The summed E-state index contributed by atoms with van der Waals surface area (Å²) in [6, 6.07) is 12.0. The molecule has 0 aliphatic rings. The van der Waals surface area contributed by atoms with Crippen molar-refractivity contribution in [1.29, 1.82) is 0 Å². The number of carbonyl (C=O) groups excluding carboxylic acids is 1. The first-order chi connectivity index (χ1) is 12.0. The molecule has 0 spiro atoms. The minimum absolute atomic E-state index is 0.00487. The molecule has 130 valence electrons. The molecule has 5 heteroatoms. The largest absolute Gasteiger partial charge is 0.350 e. The van der Waals surface area contributed by atoms with E-state index in [1.165, 1.54) is 0 Å². The van der Waals surface area contributed by atoms with Gasteiger partial charge in [0.25, 0.3) is 0 Å². The van der Waals surface area contributed by atoms with Gasteiger partial charge in [0.2, 0.25) is 5.91 Å². The third-order valence-corrected chi connectivity index (χ3v) is 4.57. The van der Waals surface area contributed by atoms with Gasteiger partial charge in [-0.1, -0.05) is 30.3 Å². The molecule has 0 saturated carbocycles.